The molecule has 2 aromatic rings. The molecule has 1 aliphatic heterocycles. The molecule has 2 aromatic carbocycles. The molecule has 0 amide bonds. The van der Waals surface area contributed by atoms with E-state index >= 15 is 0 Å². The molecule has 9 nitrogen and oxygen atoms in total. The summed E-state index contributed by atoms with van der Waals surface area (Å²) in [6, 6.07) is 11.8. The predicted octanol–water partition coefficient (Wildman–Crippen LogP) is 4.54. The van der Waals surface area contributed by atoms with Crippen LogP contribution in [0, 0.1) is 10.1 Å². The van der Waals surface area contributed by atoms with E-state index in [1.54, 1.807) is 13.2 Å². The number of methoxy groups -OCH3 is 1. The molecule has 1 N–H and O–H groups in total. The van der Waals surface area contributed by atoms with Crippen LogP contribution in [-0.4, -0.2) is 46.0 Å². The lowest BCUT2D eigenvalue weighted by Crippen LogP contribution is -2.39. The van der Waals surface area contributed by atoms with Gasteiger partial charge in [0, 0.05) is 30.7 Å². The van der Waals surface area contributed by atoms with Crippen LogP contribution < -0.4 is 9.46 Å². The summed E-state index contributed by atoms with van der Waals surface area (Å²) in [5, 5.41) is 10.9. The fourth-order valence-corrected chi connectivity index (χ4v) is 5.42. The van der Waals surface area contributed by atoms with Crippen molar-refractivity contribution in [3.8, 4) is 5.75 Å². The molecule has 3 rings (SSSR count). The topological polar surface area (TPSA) is 117 Å². The van der Waals surface area contributed by atoms with E-state index in [0.29, 0.717) is 31.8 Å². The quantitative estimate of drug-likeness (QED) is 0.242. The van der Waals surface area contributed by atoms with Gasteiger partial charge in [-0.15, -0.1) is 6.58 Å². The van der Waals surface area contributed by atoms with Crippen molar-refractivity contribution in [1.29, 1.82) is 0 Å². The zero-order valence-corrected chi connectivity index (χ0v) is 20.6. The third kappa shape index (κ3) is 7.60. The largest absolute Gasteiger partial charge is 0.497 e. The van der Waals surface area contributed by atoms with Crippen molar-refractivity contribution in [2.24, 2.45) is 0 Å². The summed E-state index contributed by atoms with van der Waals surface area (Å²) in [5.41, 5.74) is 0.721. The van der Waals surface area contributed by atoms with Gasteiger partial charge in [-0.05, 0) is 61.9 Å². The zero-order chi connectivity index (χ0) is 25.3. The first-order valence-electron chi connectivity index (χ1n) is 11.6. The van der Waals surface area contributed by atoms with Crippen LogP contribution in [0.2, 0.25) is 0 Å². The summed E-state index contributed by atoms with van der Waals surface area (Å²) < 4.78 is 46.1. The molecule has 190 valence electrons. The molecule has 10 heteroatoms. The van der Waals surface area contributed by atoms with E-state index in [1.807, 2.05) is 24.3 Å². The summed E-state index contributed by atoms with van der Waals surface area (Å²) in [7, 11) is -2.38. The first kappa shape index (κ1) is 26.8. The fourth-order valence-electron chi connectivity index (χ4n) is 4.13. The van der Waals surface area contributed by atoms with E-state index in [1.165, 1.54) is 24.3 Å². The maximum absolute atomic E-state index is 13.2. The third-order valence-corrected chi connectivity index (χ3v) is 7.47. The number of nitrogens with one attached hydrogen (secondary N) is 1. The average Bonchev–Trinajstić information content (AvgIpc) is 2.87. The van der Waals surface area contributed by atoms with Crippen LogP contribution in [0.3, 0.4) is 0 Å². The predicted molar refractivity (Wildman–Crippen MR) is 132 cm³/mol. The molecule has 0 radical (unpaired) electrons. The smallest absolute Gasteiger partial charge is 0.269 e. The van der Waals surface area contributed by atoms with Gasteiger partial charge < -0.3 is 14.2 Å². The van der Waals surface area contributed by atoms with Gasteiger partial charge in [-0.2, -0.15) is 0 Å². The van der Waals surface area contributed by atoms with E-state index in [2.05, 4.69) is 11.3 Å². The molecule has 35 heavy (non-hydrogen) atoms. The number of hydrogen-bond donors (Lipinski definition) is 1. The maximum Gasteiger partial charge on any atom is 0.269 e. The van der Waals surface area contributed by atoms with Crippen LogP contribution in [-0.2, 0) is 19.5 Å². The van der Waals surface area contributed by atoms with E-state index in [9.17, 15) is 18.5 Å². The van der Waals surface area contributed by atoms with Crippen LogP contribution >= 0.6 is 0 Å². The number of non-ortho nitro benzene ring substituents is 1. The average molecular weight is 505 g/mol. The Labute approximate surface area is 206 Å². The normalized spacial score (nSPS) is 17.9. The number of sulfonamides is 1. The summed E-state index contributed by atoms with van der Waals surface area (Å²) in [4.78, 5) is 10.3. The maximum atomic E-state index is 13.2. The highest BCUT2D eigenvalue weighted by atomic mass is 32.2. The second kappa shape index (κ2) is 12.8. The van der Waals surface area contributed by atoms with Gasteiger partial charge in [0.2, 0.25) is 10.0 Å². The minimum atomic E-state index is -3.96. The molecule has 0 aromatic heterocycles. The lowest BCUT2D eigenvalue weighted by atomic mass is 9.87. The number of nitro benzene ring substituents is 1. The third-order valence-electron chi connectivity index (χ3n) is 5.96. The zero-order valence-electron chi connectivity index (χ0n) is 19.8. The highest BCUT2D eigenvalue weighted by molar-refractivity contribution is 7.89. The van der Waals surface area contributed by atoms with Crippen LogP contribution in [0.4, 0.5) is 5.69 Å². The van der Waals surface area contributed by atoms with Gasteiger partial charge in [0.05, 0.1) is 23.5 Å². The minimum Gasteiger partial charge on any atom is -0.497 e. The van der Waals surface area contributed by atoms with E-state index < -0.39 is 21.0 Å². The van der Waals surface area contributed by atoms with Crippen molar-refractivity contribution in [3.05, 3.63) is 76.9 Å². The van der Waals surface area contributed by atoms with Gasteiger partial charge in [0.1, 0.15) is 5.75 Å². The van der Waals surface area contributed by atoms with Crippen molar-refractivity contribution in [1.82, 2.24) is 4.72 Å². The van der Waals surface area contributed by atoms with Crippen molar-refractivity contribution in [2.45, 2.75) is 55.2 Å². The molecular weight excluding hydrogens is 472 g/mol. The molecular formula is C25H32N2O7S. The molecule has 0 bridgehead atoms. The van der Waals surface area contributed by atoms with Gasteiger partial charge >= 0.3 is 0 Å². The summed E-state index contributed by atoms with van der Waals surface area (Å²) in [6.45, 7) is 4.88. The molecule has 1 aliphatic rings. The summed E-state index contributed by atoms with van der Waals surface area (Å²) in [6.07, 6.45) is 5.25. The van der Waals surface area contributed by atoms with Crippen LogP contribution in [0.15, 0.2) is 66.1 Å². The monoisotopic (exact) mass is 504 g/mol. The van der Waals surface area contributed by atoms with Crippen LogP contribution in [0.1, 0.15) is 43.6 Å². The fraction of sp³-hybridized carbons (Fsp3) is 0.440. The Hall–Kier alpha value is -2.79. The van der Waals surface area contributed by atoms with E-state index in [4.69, 9.17) is 14.2 Å². The molecule has 3 atom stereocenters. The Morgan fingerprint density at radius 1 is 1.26 bits per heavy atom. The number of ether oxygens (including phenoxy) is 3. The Balaban J connectivity index is 1.84. The van der Waals surface area contributed by atoms with E-state index in [-0.39, 0.29) is 22.8 Å². The van der Waals surface area contributed by atoms with Gasteiger partial charge in [0.25, 0.3) is 5.69 Å². The summed E-state index contributed by atoms with van der Waals surface area (Å²) in [5.74, 6) is 0.416. The number of hydrogen-bond acceptors (Lipinski definition) is 7. The molecule has 0 aliphatic carbocycles. The lowest BCUT2D eigenvalue weighted by molar-refractivity contribution is -0.384. The van der Waals surface area contributed by atoms with E-state index in [0.717, 1.165) is 24.8 Å². The van der Waals surface area contributed by atoms with Gasteiger partial charge in [0.15, 0.2) is 6.29 Å². The molecule has 1 unspecified atom stereocenters. The molecule has 1 saturated heterocycles. The number of nitrogens with zero attached hydrogens (tertiary/aromatic N) is 1. The van der Waals surface area contributed by atoms with Gasteiger partial charge in [-0.1, -0.05) is 18.2 Å². The molecule has 1 fully saturated rings. The Bertz CT molecular complexity index is 1080. The first-order valence-corrected chi connectivity index (χ1v) is 13.1. The molecule has 0 saturated carbocycles. The number of nitro groups is 1. The van der Waals surface area contributed by atoms with Crippen molar-refractivity contribution >= 4 is 15.7 Å². The van der Waals surface area contributed by atoms with Gasteiger partial charge in [-0.25, -0.2) is 13.1 Å². The highest BCUT2D eigenvalue weighted by Gasteiger charge is 2.29. The molecule has 0 spiro atoms. The molecule has 1 heterocycles. The Kier molecular flexibility index (Phi) is 9.79. The minimum absolute atomic E-state index is 0.0478. The summed E-state index contributed by atoms with van der Waals surface area (Å²) >= 11 is 0. The first-order chi connectivity index (χ1) is 16.8. The number of rotatable bonds is 13. The SMILES string of the molecule is C=CC[C@@H](NS(=O)(=O)c1ccc([N+](=O)[O-])cc1)[C@@H](CCOC1CCCCO1)c1cccc(OC)c1. The van der Waals surface area contributed by atoms with Crippen molar-refractivity contribution < 1.29 is 27.6 Å². The van der Waals surface area contributed by atoms with Gasteiger partial charge in [-0.3, -0.25) is 10.1 Å². The Morgan fingerprint density at radius 3 is 2.66 bits per heavy atom. The Morgan fingerprint density at radius 2 is 2.03 bits per heavy atom. The lowest BCUT2D eigenvalue weighted by Gasteiger charge is -2.29. The number of benzene rings is 2. The van der Waals surface area contributed by atoms with Crippen LogP contribution in [0.25, 0.3) is 0 Å². The van der Waals surface area contributed by atoms with Crippen LogP contribution in [0.5, 0.6) is 5.75 Å². The second-order valence-corrected chi connectivity index (χ2v) is 10.1. The standard InChI is InChI=1S/C25H32N2O7S/c1-3-7-24(26-35(30,31)22-13-11-20(12-14-22)27(28)29)23(19-8-6-9-21(18-19)32-2)15-17-34-25-10-4-5-16-33-25/h3,6,8-9,11-14,18,23-26H,1,4-5,7,10,15-17H2,2H3/t23-,24+,25?/m0/s1. The highest BCUT2D eigenvalue weighted by Crippen LogP contribution is 2.30. The second-order valence-electron chi connectivity index (χ2n) is 8.34. The van der Waals surface area contributed by atoms with Crippen molar-refractivity contribution in [2.75, 3.05) is 20.3 Å². The van der Waals surface area contributed by atoms with Crippen molar-refractivity contribution in [3.63, 3.8) is 0 Å².